The smallest absolute Gasteiger partial charge is 0.254 e. The van der Waals surface area contributed by atoms with Gasteiger partial charge in [0.05, 0.1) is 11.8 Å². The number of amides is 1. The summed E-state index contributed by atoms with van der Waals surface area (Å²) in [6, 6.07) is 6.76. The predicted octanol–water partition coefficient (Wildman–Crippen LogP) is 2.24. The van der Waals surface area contributed by atoms with Crippen LogP contribution in [0.2, 0.25) is 0 Å². The molecule has 0 unspecified atom stereocenters. The molecule has 3 rings (SSSR count). The SMILES string of the molecule is Cn1cc(C(=O)NCC2CCN(CCc3ccc(F)cc3)CC2)cn1. The monoisotopic (exact) mass is 344 g/mol. The number of aryl methyl sites for hydroxylation is 1. The number of benzene rings is 1. The summed E-state index contributed by atoms with van der Waals surface area (Å²) in [7, 11) is 1.80. The van der Waals surface area contributed by atoms with E-state index in [0.29, 0.717) is 11.5 Å². The zero-order valence-electron chi connectivity index (χ0n) is 14.6. The van der Waals surface area contributed by atoms with Crippen molar-refractivity contribution in [2.75, 3.05) is 26.2 Å². The highest BCUT2D eigenvalue weighted by molar-refractivity contribution is 5.93. The van der Waals surface area contributed by atoms with Crippen LogP contribution in [0.3, 0.4) is 0 Å². The van der Waals surface area contributed by atoms with Crippen LogP contribution < -0.4 is 5.32 Å². The fourth-order valence-electron chi connectivity index (χ4n) is 3.23. The molecular weight excluding hydrogens is 319 g/mol. The first kappa shape index (κ1) is 17.6. The van der Waals surface area contributed by atoms with Crippen LogP contribution in [0.4, 0.5) is 4.39 Å². The van der Waals surface area contributed by atoms with Crippen LogP contribution in [0.15, 0.2) is 36.7 Å². The van der Waals surface area contributed by atoms with Gasteiger partial charge in [-0.15, -0.1) is 0 Å². The number of halogens is 1. The number of piperidine rings is 1. The van der Waals surface area contributed by atoms with Crippen molar-refractivity contribution in [3.8, 4) is 0 Å². The van der Waals surface area contributed by atoms with E-state index in [1.54, 1.807) is 24.1 Å². The third kappa shape index (κ3) is 5.13. The van der Waals surface area contributed by atoms with Crippen LogP contribution >= 0.6 is 0 Å². The lowest BCUT2D eigenvalue weighted by Crippen LogP contribution is -2.39. The second-order valence-corrected chi connectivity index (χ2v) is 6.77. The molecule has 6 heteroatoms. The molecule has 0 spiro atoms. The molecule has 1 aliphatic rings. The van der Waals surface area contributed by atoms with Crippen LogP contribution in [0.5, 0.6) is 0 Å². The van der Waals surface area contributed by atoms with E-state index in [1.807, 2.05) is 12.1 Å². The molecular formula is C19H25FN4O. The van der Waals surface area contributed by atoms with Crippen LogP contribution in [0.1, 0.15) is 28.8 Å². The van der Waals surface area contributed by atoms with Gasteiger partial charge in [0.1, 0.15) is 5.82 Å². The quantitative estimate of drug-likeness (QED) is 0.874. The summed E-state index contributed by atoms with van der Waals surface area (Å²) in [5.74, 6) is 0.299. The Morgan fingerprint density at radius 1 is 1.28 bits per heavy atom. The molecule has 0 bridgehead atoms. The molecule has 1 amide bonds. The number of hydrogen-bond donors (Lipinski definition) is 1. The van der Waals surface area contributed by atoms with Crippen molar-refractivity contribution >= 4 is 5.91 Å². The van der Waals surface area contributed by atoms with Crippen LogP contribution in [-0.2, 0) is 13.5 Å². The summed E-state index contributed by atoms with van der Waals surface area (Å²) in [6.45, 7) is 3.82. The molecule has 0 radical (unpaired) electrons. The molecule has 2 aromatic rings. The summed E-state index contributed by atoms with van der Waals surface area (Å²) in [4.78, 5) is 14.5. The van der Waals surface area contributed by atoms with Gasteiger partial charge in [-0.3, -0.25) is 9.48 Å². The second kappa shape index (κ2) is 8.25. The first-order valence-electron chi connectivity index (χ1n) is 8.84. The Morgan fingerprint density at radius 2 is 2.00 bits per heavy atom. The minimum Gasteiger partial charge on any atom is -0.352 e. The molecule has 1 aromatic heterocycles. The Labute approximate surface area is 147 Å². The third-order valence-electron chi connectivity index (χ3n) is 4.86. The largest absolute Gasteiger partial charge is 0.352 e. The number of nitrogens with zero attached hydrogens (tertiary/aromatic N) is 3. The molecule has 134 valence electrons. The number of likely N-dealkylation sites (tertiary alicyclic amines) is 1. The van der Waals surface area contributed by atoms with E-state index >= 15 is 0 Å². The van der Waals surface area contributed by atoms with Gasteiger partial charge in [0, 0.05) is 26.3 Å². The molecule has 1 fully saturated rings. The number of rotatable bonds is 6. The van der Waals surface area contributed by atoms with Gasteiger partial charge in [0.25, 0.3) is 5.91 Å². The Balaban J connectivity index is 1.35. The molecule has 5 nitrogen and oxygen atoms in total. The van der Waals surface area contributed by atoms with Crippen molar-refractivity contribution in [2.24, 2.45) is 13.0 Å². The van der Waals surface area contributed by atoms with Crippen molar-refractivity contribution < 1.29 is 9.18 Å². The van der Waals surface area contributed by atoms with Gasteiger partial charge in [-0.05, 0) is 56.0 Å². The molecule has 1 N–H and O–H groups in total. The van der Waals surface area contributed by atoms with Crippen LogP contribution in [0, 0.1) is 11.7 Å². The van der Waals surface area contributed by atoms with Gasteiger partial charge in [0.15, 0.2) is 0 Å². The Hall–Kier alpha value is -2.21. The highest BCUT2D eigenvalue weighted by Crippen LogP contribution is 2.17. The van der Waals surface area contributed by atoms with Gasteiger partial charge < -0.3 is 10.2 Å². The normalized spacial score (nSPS) is 16.1. The second-order valence-electron chi connectivity index (χ2n) is 6.77. The minimum atomic E-state index is -0.183. The summed E-state index contributed by atoms with van der Waals surface area (Å²) < 4.78 is 14.6. The average Bonchev–Trinajstić information content (AvgIpc) is 3.07. The van der Waals surface area contributed by atoms with E-state index < -0.39 is 0 Å². The molecule has 1 saturated heterocycles. The van der Waals surface area contributed by atoms with E-state index in [0.717, 1.165) is 45.4 Å². The number of hydrogen-bond acceptors (Lipinski definition) is 3. The van der Waals surface area contributed by atoms with Crippen molar-refractivity contribution in [3.63, 3.8) is 0 Å². The van der Waals surface area contributed by atoms with Crippen LogP contribution in [-0.4, -0.2) is 46.8 Å². The van der Waals surface area contributed by atoms with Gasteiger partial charge in [0.2, 0.25) is 0 Å². The summed E-state index contributed by atoms with van der Waals surface area (Å²) in [5, 5.41) is 7.03. The molecule has 0 atom stereocenters. The van der Waals surface area contributed by atoms with Crippen molar-refractivity contribution in [3.05, 3.63) is 53.6 Å². The number of carbonyl (C=O) groups is 1. The van der Waals surface area contributed by atoms with Crippen molar-refractivity contribution in [2.45, 2.75) is 19.3 Å². The fraction of sp³-hybridized carbons (Fsp3) is 0.474. The van der Waals surface area contributed by atoms with E-state index in [9.17, 15) is 9.18 Å². The predicted molar refractivity (Wildman–Crippen MR) is 94.8 cm³/mol. The molecule has 0 aliphatic carbocycles. The number of aromatic nitrogens is 2. The third-order valence-corrected chi connectivity index (χ3v) is 4.86. The molecule has 25 heavy (non-hydrogen) atoms. The fourth-order valence-corrected chi connectivity index (χ4v) is 3.23. The summed E-state index contributed by atoms with van der Waals surface area (Å²) in [5.41, 5.74) is 1.78. The zero-order valence-corrected chi connectivity index (χ0v) is 14.6. The van der Waals surface area contributed by atoms with Gasteiger partial charge in [-0.2, -0.15) is 5.10 Å². The summed E-state index contributed by atoms with van der Waals surface area (Å²) >= 11 is 0. The van der Waals surface area contributed by atoms with Crippen molar-refractivity contribution in [1.29, 1.82) is 0 Å². The average molecular weight is 344 g/mol. The lowest BCUT2D eigenvalue weighted by Gasteiger charge is -2.32. The first-order valence-corrected chi connectivity index (χ1v) is 8.84. The Bertz CT molecular complexity index is 690. The molecule has 1 aromatic carbocycles. The first-order chi connectivity index (χ1) is 12.1. The highest BCUT2D eigenvalue weighted by Gasteiger charge is 2.20. The number of carbonyl (C=O) groups excluding carboxylic acids is 1. The Kier molecular flexibility index (Phi) is 5.81. The standard InChI is InChI=1S/C19H25FN4O/c1-23-14-17(13-22-23)19(25)21-12-16-7-10-24(11-8-16)9-6-15-2-4-18(20)5-3-15/h2-5,13-14,16H,6-12H2,1H3,(H,21,25). The van der Waals surface area contributed by atoms with E-state index in [-0.39, 0.29) is 11.7 Å². The molecule has 0 saturated carbocycles. The zero-order chi connectivity index (χ0) is 17.6. The topological polar surface area (TPSA) is 50.2 Å². The number of nitrogens with one attached hydrogen (secondary N) is 1. The van der Waals surface area contributed by atoms with Crippen LogP contribution in [0.25, 0.3) is 0 Å². The molecule has 1 aliphatic heterocycles. The summed E-state index contributed by atoms with van der Waals surface area (Å²) in [6.07, 6.45) is 6.46. The lowest BCUT2D eigenvalue weighted by atomic mass is 9.96. The van der Waals surface area contributed by atoms with Gasteiger partial charge in [-0.1, -0.05) is 12.1 Å². The molecule has 2 heterocycles. The van der Waals surface area contributed by atoms with E-state index in [1.165, 1.54) is 17.7 Å². The lowest BCUT2D eigenvalue weighted by molar-refractivity contribution is 0.0936. The highest BCUT2D eigenvalue weighted by atomic mass is 19.1. The van der Waals surface area contributed by atoms with E-state index in [2.05, 4.69) is 15.3 Å². The maximum absolute atomic E-state index is 12.9. The maximum Gasteiger partial charge on any atom is 0.254 e. The maximum atomic E-state index is 12.9. The van der Waals surface area contributed by atoms with Gasteiger partial charge in [-0.25, -0.2) is 4.39 Å². The minimum absolute atomic E-state index is 0.0492. The Morgan fingerprint density at radius 3 is 2.64 bits per heavy atom. The van der Waals surface area contributed by atoms with Crippen molar-refractivity contribution in [1.82, 2.24) is 20.0 Å². The van der Waals surface area contributed by atoms with E-state index in [4.69, 9.17) is 0 Å². The van der Waals surface area contributed by atoms with Gasteiger partial charge >= 0.3 is 0 Å².